The Bertz CT molecular complexity index is 424. The quantitative estimate of drug-likeness (QED) is 0.264. The smallest absolute Gasteiger partial charge is 0.333 e. The zero-order chi connectivity index (χ0) is 17.8. The summed E-state index contributed by atoms with van der Waals surface area (Å²) in [5.74, 6) is -1.50. The molecule has 2 unspecified atom stereocenters. The van der Waals surface area contributed by atoms with Gasteiger partial charge in [-0.3, -0.25) is 0 Å². The summed E-state index contributed by atoms with van der Waals surface area (Å²) in [5, 5.41) is 8.31. The average Bonchev–Trinajstić information content (AvgIpc) is 3.43. The number of epoxide rings is 2. The number of carbonyl (C=O) groups is 2. The lowest BCUT2D eigenvalue weighted by atomic mass is 10.2. The summed E-state index contributed by atoms with van der Waals surface area (Å²) < 4.78 is 20.0. The first-order chi connectivity index (χ1) is 11.5. The molecule has 0 aromatic heterocycles. The molecular weight excluding hydrogens is 316 g/mol. The van der Waals surface area contributed by atoms with E-state index in [-0.39, 0.29) is 12.0 Å². The molecule has 7 nitrogen and oxygen atoms in total. The molecule has 0 aromatic rings. The normalized spacial score (nSPS) is 20.9. The Hall–Kier alpha value is -1.70. The zero-order valence-electron chi connectivity index (χ0n) is 14.1. The Morgan fingerprint density at radius 1 is 1.25 bits per heavy atom. The Balaban J connectivity index is 0.000000267. The molecule has 136 valence electrons. The molecule has 0 bridgehead atoms. The van der Waals surface area contributed by atoms with E-state index in [0.29, 0.717) is 18.8 Å². The highest BCUT2D eigenvalue weighted by Gasteiger charge is 2.26. The Morgan fingerprint density at radius 2 is 1.83 bits per heavy atom. The molecule has 2 aliphatic rings. The van der Waals surface area contributed by atoms with Crippen LogP contribution in [0.4, 0.5) is 0 Å². The van der Waals surface area contributed by atoms with Crippen LogP contribution in [0.5, 0.6) is 0 Å². The first kappa shape index (κ1) is 20.3. The molecule has 0 spiro atoms. The van der Waals surface area contributed by atoms with Crippen LogP contribution in [0.2, 0.25) is 0 Å². The summed E-state index contributed by atoms with van der Waals surface area (Å²) in [4.78, 5) is 21.3. The Kier molecular flexibility index (Phi) is 9.98. The van der Waals surface area contributed by atoms with Gasteiger partial charge in [-0.15, -0.1) is 0 Å². The van der Waals surface area contributed by atoms with Gasteiger partial charge in [-0.2, -0.15) is 0 Å². The second kappa shape index (κ2) is 11.8. The van der Waals surface area contributed by atoms with E-state index in [0.717, 1.165) is 45.3 Å². The molecule has 2 atom stereocenters. The SMILES string of the molecule is C(OCC1CO1)C1CO1.C=C(CC=CC(=O)O)C(=O)OCCCC. The third-order valence-corrected chi connectivity index (χ3v) is 3.06. The number of aliphatic carboxylic acids is 1. The predicted molar refractivity (Wildman–Crippen MR) is 86.7 cm³/mol. The molecule has 1 N–H and O–H groups in total. The van der Waals surface area contributed by atoms with Crippen LogP contribution in [0.3, 0.4) is 0 Å². The standard InChI is InChI=1S/C11H16O4.C6H10O3/c1-3-4-8-15-11(14)9(2)6-5-7-10(12)13;1(5-3-8-5)7-2-6-4-9-6/h5,7H,2-4,6,8H2,1H3,(H,12,13);5-6H,1-4H2. The number of hydrogen-bond donors (Lipinski definition) is 1. The summed E-state index contributed by atoms with van der Waals surface area (Å²) in [6, 6.07) is 0. The van der Waals surface area contributed by atoms with E-state index in [4.69, 9.17) is 24.1 Å². The van der Waals surface area contributed by atoms with E-state index in [9.17, 15) is 9.59 Å². The number of unbranched alkanes of at least 4 members (excludes halogenated alkanes) is 1. The molecule has 0 aromatic carbocycles. The number of allylic oxidation sites excluding steroid dienone is 1. The van der Waals surface area contributed by atoms with Crippen molar-refractivity contribution in [3.05, 3.63) is 24.3 Å². The Labute approximate surface area is 142 Å². The molecule has 7 heteroatoms. The van der Waals surface area contributed by atoms with Crippen LogP contribution in [-0.2, 0) is 28.5 Å². The summed E-state index contributed by atoms with van der Waals surface area (Å²) in [6.45, 7) is 9.16. The maximum atomic E-state index is 11.2. The number of carboxylic acids is 1. The van der Waals surface area contributed by atoms with Gasteiger partial charge in [-0.25, -0.2) is 9.59 Å². The van der Waals surface area contributed by atoms with Gasteiger partial charge in [-0.1, -0.05) is 26.0 Å². The molecule has 0 radical (unpaired) electrons. The molecule has 0 saturated carbocycles. The largest absolute Gasteiger partial charge is 0.478 e. The van der Waals surface area contributed by atoms with Crippen LogP contribution in [0.1, 0.15) is 26.2 Å². The molecule has 2 rings (SSSR count). The van der Waals surface area contributed by atoms with Crippen molar-refractivity contribution in [3.8, 4) is 0 Å². The number of esters is 1. The minimum atomic E-state index is -1.04. The van der Waals surface area contributed by atoms with E-state index in [2.05, 4.69) is 6.58 Å². The second-order valence-corrected chi connectivity index (χ2v) is 5.49. The maximum absolute atomic E-state index is 11.2. The van der Waals surface area contributed by atoms with E-state index in [1.807, 2.05) is 6.92 Å². The van der Waals surface area contributed by atoms with Gasteiger partial charge in [0.25, 0.3) is 0 Å². The maximum Gasteiger partial charge on any atom is 0.333 e. The summed E-state index contributed by atoms with van der Waals surface area (Å²) in [7, 11) is 0. The van der Waals surface area contributed by atoms with E-state index >= 15 is 0 Å². The Morgan fingerprint density at radius 3 is 2.29 bits per heavy atom. The minimum absolute atomic E-state index is 0.206. The van der Waals surface area contributed by atoms with Gasteiger partial charge in [0, 0.05) is 11.6 Å². The predicted octanol–water partition coefficient (Wildman–Crippen LogP) is 1.72. The van der Waals surface area contributed by atoms with Gasteiger partial charge in [0.15, 0.2) is 0 Å². The fourth-order valence-corrected chi connectivity index (χ4v) is 1.46. The van der Waals surface area contributed by atoms with Crippen molar-refractivity contribution in [3.63, 3.8) is 0 Å². The van der Waals surface area contributed by atoms with Crippen LogP contribution >= 0.6 is 0 Å². The van der Waals surface area contributed by atoms with Crippen LogP contribution in [0.15, 0.2) is 24.3 Å². The van der Waals surface area contributed by atoms with E-state index in [1.165, 1.54) is 6.08 Å². The second-order valence-electron chi connectivity index (χ2n) is 5.49. The topological polar surface area (TPSA) is 97.9 Å². The van der Waals surface area contributed by atoms with E-state index < -0.39 is 11.9 Å². The highest BCUT2D eigenvalue weighted by atomic mass is 16.6. The lowest BCUT2D eigenvalue weighted by molar-refractivity contribution is -0.139. The van der Waals surface area contributed by atoms with Crippen molar-refractivity contribution in [2.75, 3.05) is 33.0 Å². The average molecular weight is 342 g/mol. The van der Waals surface area contributed by atoms with Crippen LogP contribution in [0.25, 0.3) is 0 Å². The number of rotatable bonds is 11. The number of ether oxygens (including phenoxy) is 4. The van der Waals surface area contributed by atoms with Crippen molar-refractivity contribution >= 4 is 11.9 Å². The van der Waals surface area contributed by atoms with Crippen molar-refractivity contribution in [2.24, 2.45) is 0 Å². The molecule has 0 amide bonds. The third kappa shape index (κ3) is 11.8. The first-order valence-electron chi connectivity index (χ1n) is 8.08. The van der Waals surface area contributed by atoms with Gasteiger partial charge < -0.3 is 24.1 Å². The minimum Gasteiger partial charge on any atom is -0.478 e. The molecule has 0 aliphatic carbocycles. The molecule has 24 heavy (non-hydrogen) atoms. The molecule has 2 aliphatic heterocycles. The lowest BCUT2D eigenvalue weighted by Gasteiger charge is -2.03. The molecule has 2 heterocycles. The number of hydrogen-bond acceptors (Lipinski definition) is 6. The summed E-state index contributed by atoms with van der Waals surface area (Å²) in [6.07, 6.45) is 5.11. The monoisotopic (exact) mass is 342 g/mol. The highest BCUT2D eigenvalue weighted by molar-refractivity contribution is 5.88. The van der Waals surface area contributed by atoms with Gasteiger partial charge in [0.05, 0.1) is 33.0 Å². The zero-order valence-corrected chi connectivity index (χ0v) is 14.1. The van der Waals surface area contributed by atoms with Crippen LogP contribution in [-0.4, -0.2) is 62.3 Å². The fourth-order valence-electron chi connectivity index (χ4n) is 1.46. The van der Waals surface area contributed by atoms with Gasteiger partial charge >= 0.3 is 11.9 Å². The van der Waals surface area contributed by atoms with Gasteiger partial charge in [0.2, 0.25) is 0 Å². The summed E-state index contributed by atoms with van der Waals surface area (Å²) >= 11 is 0. The van der Waals surface area contributed by atoms with Gasteiger partial charge in [0.1, 0.15) is 12.2 Å². The van der Waals surface area contributed by atoms with Crippen LogP contribution < -0.4 is 0 Å². The van der Waals surface area contributed by atoms with E-state index in [1.54, 1.807) is 0 Å². The molecular formula is C17H26O7. The van der Waals surface area contributed by atoms with Crippen molar-refractivity contribution in [1.82, 2.24) is 0 Å². The van der Waals surface area contributed by atoms with Crippen molar-refractivity contribution < 1.29 is 33.6 Å². The molecule has 2 saturated heterocycles. The third-order valence-electron chi connectivity index (χ3n) is 3.06. The summed E-state index contributed by atoms with van der Waals surface area (Å²) in [5.41, 5.74) is 0.267. The number of carboxylic acid groups (broad SMARTS) is 1. The van der Waals surface area contributed by atoms with Crippen molar-refractivity contribution in [2.45, 2.75) is 38.4 Å². The van der Waals surface area contributed by atoms with Crippen LogP contribution in [0, 0.1) is 0 Å². The first-order valence-corrected chi connectivity index (χ1v) is 8.08. The van der Waals surface area contributed by atoms with Gasteiger partial charge in [-0.05, 0) is 12.8 Å². The fraction of sp³-hybridized carbons (Fsp3) is 0.647. The highest BCUT2D eigenvalue weighted by Crippen LogP contribution is 2.12. The number of carbonyl (C=O) groups excluding carboxylic acids is 1. The lowest BCUT2D eigenvalue weighted by Crippen LogP contribution is -2.07. The van der Waals surface area contributed by atoms with Crippen molar-refractivity contribution in [1.29, 1.82) is 0 Å². The molecule has 2 fully saturated rings.